The minimum absolute atomic E-state index is 0.317. The SMILES string of the molecule is C=C(C)CN1C(=NCc2ccc(C)cc2)NC2C1C(=O)NC(=O)N2C. The number of hydrogen-bond acceptors (Lipinski definition) is 3. The number of benzene rings is 1. The normalized spacial score (nSPS) is 24.2. The molecule has 7 nitrogen and oxygen atoms in total. The zero-order chi connectivity index (χ0) is 18.1. The number of fused-ring (bicyclic) bond motifs is 1. The summed E-state index contributed by atoms with van der Waals surface area (Å²) in [6.07, 6.45) is -0.433. The van der Waals surface area contributed by atoms with E-state index in [0.29, 0.717) is 19.0 Å². The van der Waals surface area contributed by atoms with E-state index in [1.165, 1.54) is 10.5 Å². The molecule has 0 saturated carbocycles. The Morgan fingerprint density at radius 2 is 1.96 bits per heavy atom. The molecule has 3 rings (SSSR count). The van der Waals surface area contributed by atoms with Gasteiger partial charge in [0.05, 0.1) is 6.54 Å². The molecule has 7 heteroatoms. The van der Waals surface area contributed by atoms with E-state index >= 15 is 0 Å². The molecule has 3 amide bonds. The predicted octanol–water partition coefficient (Wildman–Crippen LogP) is 1.21. The maximum absolute atomic E-state index is 12.4. The number of carbonyl (C=O) groups is 2. The molecule has 2 aliphatic rings. The van der Waals surface area contributed by atoms with E-state index in [1.807, 2.05) is 43.0 Å². The topological polar surface area (TPSA) is 77.0 Å². The maximum Gasteiger partial charge on any atom is 0.325 e. The number of aryl methyl sites for hydroxylation is 1. The van der Waals surface area contributed by atoms with Crippen LogP contribution in [0, 0.1) is 6.92 Å². The van der Waals surface area contributed by atoms with Crippen molar-refractivity contribution in [2.75, 3.05) is 13.6 Å². The average molecular weight is 341 g/mol. The van der Waals surface area contributed by atoms with E-state index < -0.39 is 18.2 Å². The monoisotopic (exact) mass is 341 g/mol. The summed E-state index contributed by atoms with van der Waals surface area (Å²) in [4.78, 5) is 32.2. The summed E-state index contributed by atoms with van der Waals surface area (Å²) < 4.78 is 0. The number of imide groups is 1. The van der Waals surface area contributed by atoms with Crippen LogP contribution in [0.3, 0.4) is 0 Å². The molecule has 0 spiro atoms. The van der Waals surface area contributed by atoms with Gasteiger partial charge in [0.1, 0.15) is 6.17 Å². The summed E-state index contributed by atoms with van der Waals surface area (Å²) in [7, 11) is 1.66. The van der Waals surface area contributed by atoms with Gasteiger partial charge in [-0.2, -0.15) is 0 Å². The van der Waals surface area contributed by atoms with Gasteiger partial charge in [0.15, 0.2) is 12.0 Å². The van der Waals surface area contributed by atoms with Crippen molar-refractivity contribution < 1.29 is 9.59 Å². The van der Waals surface area contributed by atoms with Crippen molar-refractivity contribution in [1.82, 2.24) is 20.4 Å². The molecule has 2 atom stereocenters. The van der Waals surface area contributed by atoms with Crippen molar-refractivity contribution in [3.63, 3.8) is 0 Å². The molecule has 2 aliphatic heterocycles. The smallest absolute Gasteiger partial charge is 0.325 e. The highest BCUT2D eigenvalue weighted by molar-refractivity contribution is 6.04. The summed E-state index contributed by atoms with van der Waals surface area (Å²) in [5, 5.41) is 5.61. The van der Waals surface area contributed by atoms with E-state index in [0.717, 1.165) is 11.1 Å². The lowest BCUT2D eigenvalue weighted by Gasteiger charge is -2.35. The molecule has 2 fully saturated rings. The molecule has 2 heterocycles. The second kappa shape index (κ2) is 6.58. The third kappa shape index (κ3) is 3.35. The summed E-state index contributed by atoms with van der Waals surface area (Å²) >= 11 is 0. The van der Waals surface area contributed by atoms with E-state index in [1.54, 1.807) is 7.05 Å². The number of nitrogens with one attached hydrogen (secondary N) is 2. The molecule has 0 aromatic heterocycles. The van der Waals surface area contributed by atoms with Gasteiger partial charge in [0.25, 0.3) is 5.91 Å². The zero-order valence-corrected chi connectivity index (χ0v) is 14.7. The lowest BCUT2D eigenvalue weighted by atomic mass is 10.1. The van der Waals surface area contributed by atoms with E-state index in [2.05, 4.69) is 22.2 Å². The second-order valence-electron chi connectivity index (χ2n) is 6.65. The molecule has 132 valence electrons. The zero-order valence-electron chi connectivity index (χ0n) is 14.7. The van der Waals surface area contributed by atoms with Gasteiger partial charge in [-0.05, 0) is 19.4 Å². The Morgan fingerprint density at radius 3 is 2.60 bits per heavy atom. The number of likely N-dealkylation sites (N-methyl/N-ethyl adjacent to an activating group) is 1. The van der Waals surface area contributed by atoms with Gasteiger partial charge in [0.2, 0.25) is 0 Å². The van der Waals surface area contributed by atoms with Crippen molar-refractivity contribution in [2.24, 2.45) is 4.99 Å². The van der Waals surface area contributed by atoms with Crippen LogP contribution in [0.15, 0.2) is 41.4 Å². The fourth-order valence-corrected chi connectivity index (χ4v) is 3.04. The van der Waals surface area contributed by atoms with Gasteiger partial charge in [-0.3, -0.25) is 10.1 Å². The first-order valence-corrected chi connectivity index (χ1v) is 8.22. The van der Waals surface area contributed by atoms with Gasteiger partial charge >= 0.3 is 6.03 Å². The lowest BCUT2D eigenvalue weighted by molar-refractivity contribution is -0.126. The molecular weight excluding hydrogens is 318 g/mol. The molecule has 25 heavy (non-hydrogen) atoms. The van der Waals surface area contributed by atoms with Gasteiger partial charge < -0.3 is 15.1 Å². The number of rotatable bonds is 4. The fourth-order valence-electron chi connectivity index (χ4n) is 3.04. The molecule has 1 aromatic carbocycles. The van der Waals surface area contributed by atoms with Gasteiger partial charge in [-0.1, -0.05) is 42.0 Å². The number of amides is 3. The first-order valence-electron chi connectivity index (χ1n) is 8.22. The van der Waals surface area contributed by atoms with Crippen LogP contribution >= 0.6 is 0 Å². The van der Waals surface area contributed by atoms with Gasteiger partial charge in [-0.15, -0.1) is 0 Å². The summed E-state index contributed by atoms with van der Waals surface area (Å²) in [6, 6.07) is 7.23. The molecule has 2 N–H and O–H groups in total. The molecule has 1 aromatic rings. The van der Waals surface area contributed by atoms with Crippen molar-refractivity contribution in [3.8, 4) is 0 Å². The summed E-state index contributed by atoms with van der Waals surface area (Å²) in [5.74, 6) is 0.290. The van der Waals surface area contributed by atoms with E-state index in [-0.39, 0.29) is 5.91 Å². The number of urea groups is 1. The Hall–Kier alpha value is -2.83. The standard InChI is InChI=1S/C18H23N5O2/c1-11(2)10-23-14-15(22(4)18(25)21-16(14)24)20-17(23)19-9-13-7-5-12(3)6-8-13/h5-8,14-15H,1,9-10H2,2-4H3,(H,19,20)(H,21,24,25). The number of aliphatic imine (C=N–C) groups is 1. The molecule has 0 aliphatic carbocycles. The van der Waals surface area contributed by atoms with Crippen LogP contribution < -0.4 is 10.6 Å². The van der Waals surface area contributed by atoms with Crippen LogP contribution in [0.2, 0.25) is 0 Å². The number of hydrogen-bond donors (Lipinski definition) is 2. The number of guanidine groups is 1. The summed E-state index contributed by atoms with van der Waals surface area (Å²) in [5.41, 5.74) is 3.19. The Balaban J connectivity index is 1.87. The van der Waals surface area contributed by atoms with Crippen LogP contribution in [0.5, 0.6) is 0 Å². The number of carbonyl (C=O) groups excluding carboxylic acids is 2. The molecular formula is C18H23N5O2. The van der Waals surface area contributed by atoms with E-state index in [9.17, 15) is 9.59 Å². The van der Waals surface area contributed by atoms with Crippen LogP contribution in [0.25, 0.3) is 0 Å². The van der Waals surface area contributed by atoms with E-state index in [4.69, 9.17) is 0 Å². The highest BCUT2D eigenvalue weighted by Gasteiger charge is 2.49. The van der Waals surface area contributed by atoms with Crippen LogP contribution in [0.1, 0.15) is 18.1 Å². The first-order chi connectivity index (χ1) is 11.9. The third-order valence-electron chi connectivity index (χ3n) is 4.39. The van der Waals surface area contributed by atoms with Crippen molar-refractivity contribution in [2.45, 2.75) is 32.6 Å². The van der Waals surface area contributed by atoms with Gasteiger partial charge in [0, 0.05) is 13.6 Å². The largest absolute Gasteiger partial charge is 0.333 e. The second-order valence-corrected chi connectivity index (χ2v) is 6.65. The lowest BCUT2D eigenvalue weighted by Crippen LogP contribution is -2.64. The third-order valence-corrected chi connectivity index (χ3v) is 4.39. The van der Waals surface area contributed by atoms with Crippen LogP contribution in [0.4, 0.5) is 4.79 Å². The molecule has 2 saturated heterocycles. The minimum atomic E-state index is -0.517. The summed E-state index contributed by atoms with van der Waals surface area (Å²) in [6.45, 7) is 8.88. The highest BCUT2D eigenvalue weighted by Crippen LogP contribution is 2.21. The van der Waals surface area contributed by atoms with Crippen LogP contribution in [-0.2, 0) is 11.3 Å². The Kier molecular flexibility index (Phi) is 4.48. The molecule has 2 unspecified atom stereocenters. The maximum atomic E-state index is 12.4. The minimum Gasteiger partial charge on any atom is -0.333 e. The van der Waals surface area contributed by atoms with Crippen molar-refractivity contribution >= 4 is 17.9 Å². The number of nitrogens with zero attached hydrogens (tertiary/aromatic N) is 3. The average Bonchev–Trinajstić information content (AvgIpc) is 2.91. The predicted molar refractivity (Wildman–Crippen MR) is 95.9 cm³/mol. The van der Waals surface area contributed by atoms with Gasteiger partial charge in [-0.25, -0.2) is 9.79 Å². The first kappa shape index (κ1) is 17.0. The quantitative estimate of drug-likeness (QED) is 0.807. The van der Waals surface area contributed by atoms with Crippen molar-refractivity contribution in [1.29, 1.82) is 0 Å². The molecule has 0 bridgehead atoms. The fraction of sp³-hybridized carbons (Fsp3) is 0.389. The highest BCUT2D eigenvalue weighted by atomic mass is 16.2. The van der Waals surface area contributed by atoms with Crippen LogP contribution in [-0.4, -0.2) is 53.5 Å². The Bertz CT molecular complexity index is 740. The Morgan fingerprint density at radius 1 is 1.28 bits per heavy atom. The Labute approximate surface area is 147 Å². The molecule has 0 radical (unpaired) electrons. The van der Waals surface area contributed by atoms with Crippen molar-refractivity contribution in [3.05, 3.63) is 47.5 Å².